The largest absolute Gasteiger partial charge is 0.478 e. The van der Waals surface area contributed by atoms with Gasteiger partial charge < -0.3 is 19.8 Å². The van der Waals surface area contributed by atoms with Crippen LogP contribution in [0, 0.1) is 5.92 Å². The van der Waals surface area contributed by atoms with Crippen LogP contribution in [-0.4, -0.2) is 45.7 Å². The number of aliphatic hydroxyl groups is 1. The van der Waals surface area contributed by atoms with Gasteiger partial charge in [0.05, 0.1) is 5.60 Å². The summed E-state index contributed by atoms with van der Waals surface area (Å²) in [4.78, 5) is 18.2. The Kier molecular flexibility index (Phi) is 7.65. The van der Waals surface area contributed by atoms with Crippen LogP contribution in [0.3, 0.4) is 0 Å². The van der Waals surface area contributed by atoms with Crippen LogP contribution in [0.2, 0.25) is 5.02 Å². The first-order valence-corrected chi connectivity index (χ1v) is 13.3. The van der Waals surface area contributed by atoms with Crippen LogP contribution < -0.4 is 4.74 Å². The van der Waals surface area contributed by atoms with Crippen LogP contribution in [0.1, 0.15) is 37.3 Å². The molecule has 0 saturated carbocycles. The minimum Gasteiger partial charge on any atom is -0.478 e. The number of fused-ring (bicyclic) bond motifs is 2. The minimum atomic E-state index is -0.965. The number of likely N-dealkylation sites (tertiary alicyclic amines) is 1. The fourth-order valence-corrected chi connectivity index (χ4v) is 5.48. The number of ether oxygens (including phenoxy) is 1. The number of pyridine rings is 1. The van der Waals surface area contributed by atoms with Crippen molar-refractivity contribution in [2.45, 2.75) is 31.8 Å². The highest BCUT2D eigenvalue weighted by molar-refractivity contribution is 6.30. The van der Waals surface area contributed by atoms with Crippen molar-refractivity contribution in [2.24, 2.45) is 5.92 Å². The summed E-state index contributed by atoms with van der Waals surface area (Å²) < 4.78 is 6.21. The highest BCUT2D eigenvalue weighted by Crippen LogP contribution is 2.40. The van der Waals surface area contributed by atoms with Crippen molar-refractivity contribution in [1.82, 2.24) is 9.88 Å². The molecule has 1 atom stereocenters. The van der Waals surface area contributed by atoms with Gasteiger partial charge in [-0.1, -0.05) is 47.5 Å². The van der Waals surface area contributed by atoms with Gasteiger partial charge in [0.1, 0.15) is 5.76 Å². The van der Waals surface area contributed by atoms with E-state index in [1.54, 1.807) is 6.20 Å². The lowest BCUT2D eigenvalue weighted by Gasteiger charge is -2.38. The molecule has 1 unspecified atom stereocenters. The smallest absolute Gasteiger partial charge is 0.328 e. The predicted octanol–water partition coefficient (Wildman–Crippen LogP) is 5.91. The molecule has 1 aromatic heterocycles. The van der Waals surface area contributed by atoms with Gasteiger partial charge in [-0.05, 0) is 73.7 Å². The molecule has 1 saturated heterocycles. The van der Waals surface area contributed by atoms with E-state index in [1.165, 1.54) is 6.08 Å². The first-order chi connectivity index (χ1) is 18.3. The lowest BCUT2D eigenvalue weighted by molar-refractivity contribution is -0.131. The van der Waals surface area contributed by atoms with Crippen molar-refractivity contribution in [3.05, 3.63) is 112 Å². The molecule has 6 nitrogen and oxygen atoms in total. The van der Waals surface area contributed by atoms with Crippen molar-refractivity contribution in [1.29, 1.82) is 0 Å². The van der Waals surface area contributed by atoms with Crippen LogP contribution in [0.5, 0.6) is 5.88 Å². The zero-order chi connectivity index (χ0) is 26.7. The summed E-state index contributed by atoms with van der Waals surface area (Å²) in [5, 5.41) is 21.2. The fraction of sp³-hybridized carbons (Fsp3) is 0.290. The molecule has 5 rings (SSSR count). The van der Waals surface area contributed by atoms with E-state index in [2.05, 4.69) is 22.0 Å². The van der Waals surface area contributed by atoms with E-state index in [-0.39, 0.29) is 5.92 Å². The van der Waals surface area contributed by atoms with Gasteiger partial charge >= 0.3 is 5.97 Å². The molecule has 2 aliphatic heterocycles. The summed E-state index contributed by atoms with van der Waals surface area (Å²) in [7, 11) is 0. The van der Waals surface area contributed by atoms with E-state index in [9.17, 15) is 15.0 Å². The number of carbonyl (C=O) groups is 1. The Morgan fingerprint density at radius 2 is 2.00 bits per heavy atom. The van der Waals surface area contributed by atoms with E-state index in [4.69, 9.17) is 16.3 Å². The first-order valence-electron chi connectivity index (χ1n) is 12.9. The van der Waals surface area contributed by atoms with E-state index < -0.39 is 11.6 Å². The molecule has 3 aliphatic rings. The number of rotatable bonds is 6. The maximum absolute atomic E-state index is 11.3. The normalized spacial score (nSPS) is 22.0. The Morgan fingerprint density at radius 3 is 2.74 bits per heavy atom. The number of halogens is 1. The Labute approximate surface area is 227 Å². The zero-order valence-corrected chi connectivity index (χ0v) is 22.1. The van der Waals surface area contributed by atoms with Gasteiger partial charge in [-0.25, -0.2) is 9.78 Å². The first kappa shape index (κ1) is 26.2. The molecule has 1 aliphatic carbocycles. The summed E-state index contributed by atoms with van der Waals surface area (Å²) in [5.41, 5.74) is 3.66. The summed E-state index contributed by atoms with van der Waals surface area (Å²) >= 11 is 6.02. The Bertz CT molecular complexity index is 1360. The summed E-state index contributed by atoms with van der Waals surface area (Å²) in [5.74, 6) is 0.0523. The van der Waals surface area contributed by atoms with Gasteiger partial charge in [0.15, 0.2) is 0 Å². The fourth-order valence-electron chi connectivity index (χ4n) is 5.35. The molecule has 38 heavy (non-hydrogen) atoms. The molecule has 0 bridgehead atoms. The average molecular weight is 531 g/mol. The molecule has 196 valence electrons. The van der Waals surface area contributed by atoms with Crippen LogP contribution >= 0.6 is 11.6 Å². The minimum absolute atomic E-state index is 0.198. The van der Waals surface area contributed by atoms with Gasteiger partial charge in [0.25, 0.3) is 0 Å². The van der Waals surface area contributed by atoms with E-state index in [0.29, 0.717) is 29.5 Å². The number of allylic oxidation sites excluding steroid dienone is 7. The number of nitrogens with zero attached hydrogens (tertiary/aromatic N) is 2. The summed E-state index contributed by atoms with van der Waals surface area (Å²) in [6.45, 7) is 4.31. The van der Waals surface area contributed by atoms with Gasteiger partial charge in [0.2, 0.25) is 5.88 Å². The maximum Gasteiger partial charge on any atom is 0.328 e. The average Bonchev–Trinajstić information content (AvgIpc) is 3.06. The van der Waals surface area contributed by atoms with Gasteiger partial charge in [0, 0.05) is 54.0 Å². The third-order valence-corrected chi connectivity index (χ3v) is 7.74. The predicted molar refractivity (Wildman–Crippen MR) is 149 cm³/mol. The second-order valence-corrected chi connectivity index (χ2v) is 10.4. The SMILES string of the molecule is CC(=CC(=O)O)C1C=CC=C2Oc3ncccc3/C(=C/CCN3CCC(O)(c4ccc(Cl)cc4)CC3)C=C21. The molecule has 0 radical (unpaired) electrons. The van der Waals surface area contributed by atoms with E-state index in [1.807, 2.05) is 61.5 Å². The lowest BCUT2D eigenvalue weighted by atomic mass is 9.84. The molecule has 0 amide bonds. The number of carboxylic acid groups (broad SMARTS) is 1. The number of piperidine rings is 1. The van der Waals surface area contributed by atoms with Gasteiger partial charge in [-0.15, -0.1) is 0 Å². The van der Waals surface area contributed by atoms with Gasteiger partial charge in [-0.3, -0.25) is 0 Å². The summed E-state index contributed by atoms with van der Waals surface area (Å²) in [6, 6.07) is 11.4. The highest BCUT2D eigenvalue weighted by Gasteiger charge is 2.33. The molecule has 2 aromatic rings. The quantitative estimate of drug-likeness (QED) is 0.452. The second-order valence-electron chi connectivity index (χ2n) is 10.0. The van der Waals surface area contributed by atoms with Crippen molar-refractivity contribution < 1.29 is 19.7 Å². The number of carboxylic acids is 1. The maximum atomic E-state index is 11.3. The molecule has 3 heterocycles. The van der Waals surface area contributed by atoms with E-state index in [0.717, 1.165) is 53.9 Å². The monoisotopic (exact) mass is 530 g/mol. The second kappa shape index (κ2) is 11.1. The number of hydrogen-bond acceptors (Lipinski definition) is 5. The van der Waals surface area contributed by atoms with Crippen LogP contribution in [0.25, 0.3) is 5.57 Å². The van der Waals surface area contributed by atoms with Crippen molar-refractivity contribution in [2.75, 3.05) is 19.6 Å². The lowest BCUT2D eigenvalue weighted by Crippen LogP contribution is -2.42. The number of benzene rings is 1. The topological polar surface area (TPSA) is 82.9 Å². The molecular weight excluding hydrogens is 500 g/mol. The van der Waals surface area contributed by atoms with Crippen LogP contribution in [-0.2, 0) is 10.4 Å². The highest BCUT2D eigenvalue weighted by atomic mass is 35.5. The van der Waals surface area contributed by atoms with Crippen molar-refractivity contribution in [3.63, 3.8) is 0 Å². The third-order valence-electron chi connectivity index (χ3n) is 7.49. The number of hydrogen-bond donors (Lipinski definition) is 2. The standard InChI is InChI=1S/C31H31ClN2O4/c1-21(19-29(35)36)25-6-2-8-28-27(25)20-22(26-7-3-15-33-30(26)38-28)5-4-16-34-17-13-31(37,14-18-34)23-9-11-24(32)12-10-23/h2-3,5-12,15,19-20,25,37H,4,13-14,16-18H2,1H3,(H,35,36)/b21-19?,22-5+. The third kappa shape index (κ3) is 5.68. The zero-order valence-electron chi connectivity index (χ0n) is 21.3. The molecule has 0 spiro atoms. The molecule has 1 fully saturated rings. The summed E-state index contributed by atoms with van der Waals surface area (Å²) in [6.07, 6.45) is 15.2. The Balaban J connectivity index is 1.33. The van der Waals surface area contributed by atoms with Crippen LogP contribution in [0.4, 0.5) is 0 Å². The number of aliphatic carboxylic acids is 1. The van der Waals surface area contributed by atoms with Gasteiger partial charge in [-0.2, -0.15) is 0 Å². The number of aromatic nitrogens is 1. The Morgan fingerprint density at radius 1 is 1.24 bits per heavy atom. The Hall–Kier alpha value is -3.45. The van der Waals surface area contributed by atoms with Crippen molar-refractivity contribution in [3.8, 4) is 5.88 Å². The van der Waals surface area contributed by atoms with Crippen LogP contribution in [0.15, 0.2) is 96.0 Å². The molecule has 1 aromatic carbocycles. The molecular formula is C31H31ClN2O4. The molecule has 2 N–H and O–H groups in total. The molecule has 7 heteroatoms. The van der Waals surface area contributed by atoms with E-state index >= 15 is 0 Å². The van der Waals surface area contributed by atoms with Crippen molar-refractivity contribution >= 4 is 23.1 Å².